The van der Waals surface area contributed by atoms with Gasteiger partial charge in [-0.25, -0.2) is 4.99 Å². The van der Waals surface area contributed by atoms with Gasteiger partial charge in [-0.3, -0.25) is 15.1 Å². The average molecular weight is 467 g/mol. The first kappa shape index (κ1) is 24.9. The van der Waals surface area contributed by atoms with Gasteiger partial charge in [0.2, 0.25) is 5.96 Å². The highest BCUT2D eigenvalue weighted by atomic mass is 19.4. The Labute approximate surface area is 193 Å². The van der Waals surface area contributed by atoms with Crippen LogP contribution in [0.15, 0.2) is 40.7 Å². The van der Waals surface area contributed by atoms with Crippen molar-refractivity contribution in [1.29, 1.82) is 0 Å². The quantitative estimate of drug-likeness (QED) is 0.526. The van der Waals surface area contributed by atoms with Crippen molar-refractivity contribution in [2.75, 3.05) is 27.2 Å². The third-order valence-corrected chi connectivity index (χ3v) is 5.65. The first-order valence-electron chi connectivity index (χ1n) is 11.1. The van der Waals surface area contributed by atoms with Gasteiger partial charge in [-0.05, 0) is 57.9 Å². The molecule has 2 N–H and O–H groups in total. The zero-order valence-corrected chi connectivity index (χ0v) is 20.0. The van der Waals surface area contributed by atoms with Crippen LogP contribution in [0.4, 0.5) is 13.2 Å². The van der Waals surface area contributed by atoms with Crippen molar-refractivity contribution in [3.8, 4) is 0 Å². The molecule has 10 heteroatoms. The van der Waals surface area contributed by atoms with Gasteiger partial charge >= 0.3 is 6.18 Å². The number of hydrogen-bond acceptors (Lipinski definition) is 5. The Morgan fingerprint density at radius 3 is 2.33 bits per heavy atom. The number of hydrazine groups is 1. The number of nitrogens with zero attached hydrogens (tertiary/aromatic N) is 4. The molecule has 1 atom stereocenters. The maximum absolute atomic E-state index is 12.9. The van der Waals surface area contributed by atoms with Crippen LogP contribution in [0.1, 0.15) is 56.5 Å². The van der Waals surface area contributed by atoms with E-state index in [0.29, 0.717) is 0 Å². The second kappa shape index (κ2) is 9.24. The SMILES string of the molecule is CCN1C(N=C(NC(=O)c2ccc(C(F)(F)F)cc2)NC(C)(C)C)C2=C(N(C)CCC2)N1C. The Balaban J connectivity index is 1.91. The van der Waals surface area contributed by atoms with E-state index in [1.165, 1.54) is 17.7 Å². The van der Waals surface area contributed by atoms with Crippen molar-refractivity contribution in [2.24, 2.45) is 4.99 Å². The number of carbonyl (C=O) groups excluding carboxylic acids is 1. The molecule has 1 aromatic carbocycles. The van der Waals surface area contributed by atoms with E-state index in [9.17, 15) is 18.0 Å². The molecule has 0 saturated heterocycles. The molecule has 0 aromatic heterocycles. The highest BCUT2D eigenvalue weighted by molar-refractivity contribution is 6.06. The van der Waals surface area contributed by atoms with Crippen LogP contribution >= 0.6 is 0 Å². The molecule has 0 bridgehead atoms. The maximum atomic E-state index is 12.9. The molecule has 0 radical (unpaired) electrons. The van der Waals surface area contributed by atoms with E-state index in [4.69, 9.17) is 4.99 Å². The highest BCUT2D eigenvalue weighted by Crippen LogP contribution is 2.36. The van der Waals surface area contributed by atoms with Crippen LogP contribution in [-0.4, -0.2) is 65.7 Å². The second-order valence-corrected chi connectivity index (χ2v) is 9.41. The minimum absolute atomic E-state index is 0.125. The summed E-state index contributed by atoms with van der Waals surface area (Å²) in [5, 5.41) is 10.3. The van der Waals surface area contributed by atoms with E-state index in [-0.39, 0.29) is 17.7 Å². The summed E-state index contributed by atoms with van der Waals surface area (Å²) in [7, 11) is 4.07. The molecule has 1 unspecified atom stereocenters. The smallest absolute Gasteiger partial charge is 0.360 e. The molecule has 33 heavy (non-hydrogen) atoms. The van der Waals surface area contributed by atoms with Gasteiger partial charge in [0.15, 0.2) is 0 Å². The molecule has 1 amide bonds. The topological polar surface area (TPSA) is 63.2 Å². The summed E-state index contributed by atoms with van der Waals surface area (Å²) in [6.07, 6.45) is -2.81. The van der Waals surface area contributed by atoms with Crippen molar-refractivity contribution >= 4 is 11.9 Å². The van der Waals surface area contributed by atoms with E-state index in [1.807, 2.05) is 27.8 Å². The Morgan fingerprint density at radius 1 is 1.15 bits per heavy atom. The normalized spacial score (nSPS) is 20.3. The van der Waals surface area contributed by atoms with Gasteiger partial charge in [0.05, 0.1) is 5.56 Å². The van der Waals surface area contributed by atoms with Gasteiger partial charge in [0, 0.05) is 43.9 Å². The van der Waals surface area contributed by atoms with Crippen LogP contribution in [0, 0.1) is 0 Å². The minimum Gasteiger partial charge on any atom is -0.360 e. The molecule has 182 valence electrons. The largest absolute Gasteiger partial charge is 0.416 e. The highest BCUT2D eigenvalue weighted by Gasteiger charge is 2.39. The van der Waals surface area contributed by atoms with Crippen molar-refractivity contribution in [3.63, 3.8) is 0 Å². The number of halogens is 3. The lowest BCUT2D eigenvalue weighted by atomic mass is 10.0. The van der Waals surface area contributed by atoms with Crippen molar-refractivity contribution in [1.82, 2.24) is 25.6 Å². The zero-order valence-electron chi connectivity index (χ0n) is 20.0. The van der Waals surface area contributed by atoms with Crippen LogP contribution in [-0.2, 0) is 6.18 Å². The number of likely N-dealkylation sites (N-methyl/N-ethyl adjacent to an activating group) is 1. The van der Waals surface area contributed by atoms with Crippen LogP contribution in [0.3, 0.4) is 0 Å². The summed E-state index contributed by atoms with van der Waals surface area (Å²) in [5.41, 5.74) is 0.118. The van der Waals surface area contributed by atoms with Gasteiger partial charge in [0.1, 0.15) is 12.0 Å². The fourth-order valence-corrected chi connectivity index (χ4v) is 4.23. The number of guanidine groups is 1. The fraction of sp³-hybridized carbons (Fsp3) is 0.565. The number of hydrogen-bond donors (Lipinski definition) is 2. The molecule has 1 aromatic rings. The first-order valence-corrected chi connectivity index (χ1v) is 11.1. The predicted octanol–water partition coefficient (Wildman–Crippen LogP) is 3.62. The second-order valence-electron chi connectivity index (χ2n) is 9.41. The number of aliphatic imine (C=N–C) groups is 1. The van der Waals surface area contributed by atoms with Crippen LogP contribution in [0.5, 0.6) is 0 Å². The van der Waals surface area contributed by atoms with Crippen molar-refractivity contribution in [3.05, 3.63) is 46.8 Å². The summed E-state index contributed by atoms with van der Waals surface area (Å²) in [5.74, 6) is 0.885. The van der Waals surface area contributed by atoms with E-state index < -0.39 is 23.2 Å². The van der Waals surface area contributed by atoms with Crippen molar-refractivity contribution in [2.45, 2.75) is 58.4 Å². The number of carbonyl (C=O) groups is 1. The molecular weight excluding hydrogens is 433 g/mol. The van der Waals surface area contributed by atoms with Crippen molar-refractivity contribution < 1.29 is 18.0 Å². The molecule has 2 aliphatic rings. The third-order valence-electron chi connectivity index (χ3n) is 5.65. The van der Waals surface area contributed by atoms with E-state index in [2.05, 4.69) is 39.5 Å². The lowest BCUT2D eigenvalue weighted by Gasteiger charge is -2.34. The molecule has 0 fully saturated rings. The molecule has 7 nitrogen and oxygen atoms in total. The Morgan fingerprint density at radius 2 is 1.79 bits per heavy atom. The number of benzene rings is 1. The monoisotopic (exact) mass is 466 g/mol. The van der Waals surface area contributed by atoms with E-state index >= 15 is 0 Å². The van der Waals surface area contributed by atoms with Gasteiger partial charge in [-0.15, -0.1) is 0 Å². The molecule has 0 spiro atoms. The van der Waals surface area contributed by atoms with Gasteiger partial charge in [-0.1, -0.05) is 6.92 Å². The molecule has 2 aliphatic heterocycles. The molecular formula is C23H33F3N6O. The van der Waals surface area contributed by atoms with E-state index in [0.717, 1.165) is 43.9 Å². The summed E-state index contributed by atoms with van der Waals surface area (Å²) in [4.78, 5) is 20.0. The standard InChI is InChI=1S/C23H33F3N6O/c1-7-32-18(17-9-8-14-30(5)20(17)31(32)6)27-21(29-22(2,3)4)28-19(33)15-10-12-16(13-11-15)23(24,25)26/h10-13,18H,7-9,14H2,1-6H3,(H2,27,28,29,33). The lowest BCUT2D eigenvalue weighted by Crippen LogP contribution is -2.51. The summed E-state index contributed by atoms with van der Waals surface area (Å²) in [6, 6.07) is 4.15. The number of amides is 1. The van der Waals surface area contributed by atoms with Crippen LogP contribution < -0.4 is 10.6 Å². The molecule has 0 aliphatic carbocycles. The Bertz CT molecular complexity index is 933. The van der Waals surface area contributed by atoms with Crippen LogP contribution in [0.25, 0.3) is 0 Å². The predicted molar refractivity (Wildman–Crippen MR) is 122 cm³/mol. The third kappa shape index (κ3) is 5.61. The molecule has 3 rings (SSSR count). The number of alkyl halides is 3. The summed E-state index contributed by atoms with van der Waals surface area (Å²) >= 11 is 0. The van der Waals surface area contributed by atoms with E-state index in [1.54, 1.807) is 0 Å². The fourth-order valence-electron chi connectivity index (χ4n) is 4.23. The molecule has 2 heterocycles. The first-order chi connectivity index (χ1) is 15.3. The Hall–Kier alpha value is -2.75. The average Bonchev–Trinajstić information content (AvgIpc) is 2.98. The maximum Gasteiger partial charge on any atom is 0.416 e. The lowest BCUT2D eigenvalue weighted by molar-refractivity contribution is -0.137. The van der Waals surface area contributed by atoms with Gasteiger partial charge in [0.25, 0.3) is 5.91 Å². The van der Waals surface area contributed by atoms with Gasteiger partial charge < -0.3 is 10.2 Å². The number of rotatable bonds is 3. The minimum atomic E-state index is -4.45. The van der Waals surface area contributed by atoms with Crippen LogP contribution in [0.2, 0.25) is 0 Å². The van der Waals surface area contributed by atoms with Gasteiger partial charge in [-0.2, -0.15) is 18.2 Å². The number of nitrogens with one attached hydrogen (secondary N) is 2. The Kier molecular flexibility index (Phi) is 6.97. The molecule has 0 saturated carbocycles. The summed E-state index contributed by atoms with van der Waals surface area (Å²) in [6.45, 7) is 9.59. The summed E-state index contributed by atoms with van der Waals surface area (Å²) < 4.78 is 38.6. The zero-order chi connectivity index (χ0) is 24.6.